The fraction of sp³-hybridized carbons (Fsp3) is 0.522. The number of carbonyl (C=O) groups excluding carboxylic acids is 2. The predicted molar refractivity (Wildman–Crippen MR) is 110 cm³/mol. The summed E-state index contributed by atoms with van der Waals surface area (Å²) >= 11 is 0. The van der Waals surface area contributed by atoms with Crippen molar-refractivity contribution in [2.45, 2.75) is 52.2 Å². The lowest BCUT2D eigenvalue weighted by Gasteiger charge is -2.35. The molecule has 0 unspecified atom stereocenters. The molecule has 1 aliphatic heterocycles. The van der Waals surface area contributed by atoms with Crippen LogP contribution >= 0.6 is 0 Å². The maximum Gasteiger partial charge on any atom is 0.339 e. The summed E-state index contributed by atoms with van der Waals surface area (Å²) in [5, 5.41) is 0.798. The van der Waals surface area contributed by atoms with Crippen molar-refractivity contribution in [2.75, 3.05) is 19.7 Å². The summed E-state index contributed by atoms with van der Waals surface area (Å²) in [6.07, 6.45) is 2.71. The van der Waals surface area contributed by atoms with E-state index < -0.39 is 5.97 Å². The van der Waals surface area contributed by atoms with Gasteiger partial charge in [0, 0.05) is 24.2 Å². The van der Waals surface area contributed by atoms with Crippen molar-refractivity contribution in [3.8, 4) is 0 Å². The van der Waals surface area contributed by atoms with Crippen LogP contribution in [-0.2, 0) is 27.1 Å². The molecule has 29 heavy (non-hydrogen) atoms. The number of ether oxygens (including phenoxy) is 2. The van der Waals surface area contributed by atoms with Gasteiger partial charge in [-0.3, -0.25) is 9.78 Å². The number of carbonyl (C=O) groups is 2. The molecule has 1 saturated heterocycles. The molecule has 6 heteroatoms. The molecule has 0 saturated carbocycles. The van der Waals surface area contributed by atoms with E-state index in [0.29, 0.717) is 24.6 Å². The molecule has 154 valence electrons. The quantitative estimate of drug-likeness (QED) is 0.746. The molecule has 2 aromatic rings. The smallest absolute Gasteiger partial charge is 0.339 e. The Morgan fingerprint density at radius 3 is 2.66 bits per heavy atom. The van der Waals surface area contributed by atoms with Gasteiger partial charge in [0.2, 0.25) is 0 Å². The first kappa shape index (κ1) is 19.8. The molecular weight excluding hydrogens is 368 g/mol. The lowest BCUT2D eigenvalue weighted by Crippen LogP contribution is -2.49. The molecule has 4 rings (SSSR count). The lowest BCUT2D eigenvalue weighted by atomic mass is 9.84. The van der Waals surface area contributed by atoms with E-state index in [1.807, 2.05) is 38.1 Å². The number of nitrogens with zero attached hydrogens (tertiary/aromatic N) is 2. The molecule has 1 aliphatic carbocycles. The highest BCUT2D eigenvalue weighted by molar-refractivity contribution is 6.05. The van der Waals surface area contributed by atoms with Gasteiger partial charge in [-0.05, 0) is 50.7 Å². The third-order valence-corrected chi connectivity index (χ3v) is 5.81. The van der Waals surface area contributed by atoms with E-state index in [9.17, 15) is 9.59 Å². The molecule has 1 aromatic heterocycles. The van der Waals surface area contributed by atoms with E-state index in [1.54, 1.807) is 4.90 Å². The van der Waals surface area contributed by atoms with Gasteiger partial charge in [0.1, 0.15) is 0 Å². The molecule has 0 N–H and O–H groups in total. The van der Waals surface area contributed by atoms with Crippen molar-refractivity contribution in [1.82, 2.24) is 9.88 Å². The van der Waals surface area contributed by atoms with Crippen molar-refractivity contribution in [1.29, 1.82) is 0 Å². The van der Waals surface area contributed by atoms with E-state index in [0.717, 1.165) is 41.4 Å². The number of benzene rings is 1. The molecule has 0 bridgehead atoms. The lowest BCUT2D eigenvalue weighted by molar-refractivity contribution is -0.146. The number of hydrogen-bond acceptors (Lipinski definition) is 5. The predicted octanol–water partition coefficient (Wildman–Crippen LogP) is 3.15. The number of amides is 1. The monoisotopic (exact) mass is 396 g/mol. The van der Waals surface area contributed by atoms with Gasteiger partial charge in [-0.15, -0.1) is 0 Å². The topological polar surface area (TPSA) is 68.7 Å². The van der Waals surface area contributed by atoms with Crippen molar-refractivity contribution >= 4 is 22.8 Å². The number of esters is 1. The van der Waals surface area contributed by atoms with Crippen LogP contribution in [0.3, 0.4) is 0 Å². The minimum Gasteiger partial charge on any atom is -0.452 e. The third-order valence-electron chi connectivity index (χ3n) is 5.81. The van der Waals surface area contributed by atoms with E-state index in [-0.39, 0.29) is 24.7 Å². The molecule has 2 aliphatic rings. The summed E-state index contributed by atoms with van der Waals surface area (Å²) in [4.78, 5) is 32.2. The van der Waals surface area contributed by atoms with Gasteiger partial charge in [-0.1, -0.05) is 25.1 Å². The van der Waals surface area contributed by atoms with Crippen molar-refractivity contribution in [3.05, 3.63) is 41.1 Å². The van der Waals surface area contributed by atoms with Gasteiger partial charge in [-0.2, -0.15) is 0 Å². The van der Waals surface area contributed by atoms with Crippen LogP contribution in [0.1, 0.15) is 48.8 Å². The standard InChI is InChI=1S/C23H28N2O4/c1-14-8-9-20-18(10-14)22(17-6-4-5-7-19(17)24-20)23(27)28-13-21(26)25-11-15(2)29-16(3)12-25/h4-7,14-16H,8-13H2,1-3H3/t14-,15-,16+/m0/s1. The molecule has 0 radical (unpaired) electrons. The fourth-order valence-electron chi connectivity index (χ4n) is 4.47. The summed E-state index contributed by atoms with van der Waals surface area (Å²) in [5.74, 6) is -0.118. The van der Waals surface area contributed by atoms with Crippen molar-refractivity contribution in [3.63, 3.8) is 0 Å². The molecule has 1 fully saturated rings. The first-order valence-electron chi connectivity index (χ1n) is 10.4. The van der Waals surface area contributed by atoms with Crippen LogP contribution in [-0.4, -0.2) is 53.7 Å². The van der Waals surface area contributed by atoms with Gasteiger partial charge < -0.3 is 14.4 Å². The zero-order valence-electron chi connectivity index (χ0n) is 17.3. The highest BCUT2D eigenvalue weighted by atomic mass is 16.5. The number of para-hydroxylation sites is 1. The average Bonchev–Trinajstić information content (AvgIpc) is 2.69. The number of morpholine rings is 1. The SMILES string of the molecule is C[C@H]1CCc2nc3ccccc3c(C(=O)OCC(=O)N3C[C@@H](C)O[C@@H](C)C3)c2C1. The van der Waals surface area contributed by atoms with E-state index >= 15 is 0 Å². The summed E-state index contributed by atoms with van der Waals surface area (Å²) in [7, 11) is 0. The Morgan fingerprint density at radius 2 is 1.90 bits per heavy atom. The zero-order valence-corrected chi connectivity index (χ0v) is 17.3. The first-order valence-corrected chi connectivity index (χ1v) is 10.4. The zero-order chi connectivity index (χ0) is 20.5. The van der Waals surface area contributed by atoms with Gasteiger partial charge >= 0.3 is 5.97 Å². The molecular formula is C23H28N2O4. The van der Waals surface area contributed by atoms with E-state index in [2.05, 4.69) is 6.92 Å². The van der Waals surface area contributed by atoms with E-state index in [4.69, 9.17) is 14.5 Å². The Morgan fingerprint density at radius 1 is 1.17 bits per heavy atom. The van der Waals surface area contributed by atoms with Crippen LogP contribution < -0.4 is 0 Å². The molecule has 0 spiro atoms. The Hall–Kier alpha value is -2.47. The minimum atomic E-state index is -0.434. The number of hydrogen-bond donors (Lipinski definition) is 0. The van der Waals surface area contributed by atoms with Gasteiger partial charge in [0.05, 0.1) is 23.3 Å². The second-order valence-electron chi connectivity index (χ2n) is 8.41. The maximum atomic E-state index is 13.1. The summed E-state index contributed by atoms with van der Waals surface area (Å²) in [5.41, 5.74) is 3.34. The van der Waals surface area contributed by atoms with E-state index in [1.165, 1.54) is 0 Å². The second-order valence-corrected chi connectivity index (χ2v) is 8.41. The number of rotatable bonds is 3. The first-order chi connectivity index (χ1) is 13.9. The third kappa shape index (κ3) is 4.13. The van der Waals surface area contributed by atoms with Crippen LogP contribution in [0.25, 0.3) is 10.9 Å². The van der Waals surface area contributed by atoms with Gasteiger partial charge in [0.25, 0.3) is 5.91 Å². The second kappa shape index (κ2) is 8.11. The largest absolute Gasteiger partial charge is 0.452 e. The molecule has 1 aromatic carbocycles. The van der Waals surface area contributed by atoms with Crippen molar-refractivity contribution < 1.29 is 19.1 Å². The highest BCUT2D eigenvalue weighted by Gasteiger charge is 2.29. The summed E-state index contributed by atoms with van der Waals surface area (Å²) < 4.78 is 11.2. The number of aryl methyl sites for hydroxylation is 1. The van der Waals surface area contributed by atoms with Crippen LogP contribution in [0.15, 0.2) is 24.3 Å². The van der Waals surface area contributed by atoms with Crippen molar-refractivity contribution in [2.24, 2.45) is 5.92 Å². The van der Waals surface area contributed by atoms with Gasteiger partial charge in [0.15, 0.2) is 6.61 Å². The summed E-state index contributed by atoms with van der Waals surface area (Å²) in [6.45, 7) is 6.87. The van der Waals surface area contributed by atoms with Crippen LogP contribution in [0.5, 0.6) is 0 Å². The number of pyridine rings is 1. The Balaban J connectivity index is 1.57. The van der Waals surface area contributed by atoms with Crippen LogP contribution in [0, 0.1) is 5.92 Å². The molecule has 1 amide bonds. The number of aromatic nitrogens is 1. The molecule has 2 heterocycles. The Labute approximate surface area is 171 Å². The Kier molecular flexibility index (Phi) is 5.54. The van der Waals surface area contributed by atoms with Crippen LogP contribution in [0.2, 0.25) is 0 Å². The Bertz CT molecular complexity index is 932. The number of fused-ring (bicyclic) bond motifs is 2. The normalized spacial score (nSPS) is 24.2. The molecule has 6 nitrogen and oxygen atoms in total. The van der Waals surface area contributed by atoms with Gasteiger partial charge in [-0.25, -0.2) is 4.79 Å². The maximum absolute atomic E-state index is 13.1. The molecule has 3 atom stereocenters. The average molecular weight is 396 g/mol. The minimum absolute atomic E-state index is 0.0175. The highest BCUT2D eigenvalue weighted by Crippen LogP contribution is 2.32. The fourth-order valence-corrected chi connectivity index (χ4v) is 4.47. The summed E-state index contributed by atoms with van der Waals surface area (Å²) in [6, 6.07) is 7.66. The van der Waals surface area contributed by atoms with Crippen LogP contribution in [0.4, 0.5) is 0 Å².